The minimum Gasteiger partial charge on any atom is -0.481 e. The fourth-order valence-electron chi connectivity index (χ4n) is 2.66. The van der Waals surface area contributed by atoms with E-state index in [0.717, 1.165) is 18.5 Å². The molecular formula is C16H18N2O4S. The van der Waals surface area contributed by atoms with E-state index in [0.29, 0.717) is 18.3 Å². The highest BCUT2D eigenvalue weighted by Gasteiger charge is 2.40. The van der Waals surface area contributed by atoms with Gasteiger partial charge in [0.05, 0.1) is 24.8 Å². The maximum atomic E-state index is 12.5. The molecule has 0 bridgehead atoms. The summed E-state index contributed by atoms with van der Waals surface area (Å²) in [5.41, 5.74) is 0.746. The van der Waals surface area contributed by atoms with Gasteiger partial charge in [0.15, 0.2) is 5.17 Å². The normalized spacial score (nSPS) is 26.2. The highest BCUT2D eigenvalue weighted by Crippen LogP contribution is 2.32. The van der Waals surface area contributed by atoms with Crippen LogP contribution in [0.2, 0.25) is 0 Å². The first-order valence-corrected chi connectivity index (χ1v) is 8.46. The van der Waals surface area contributed by atoms with Gasteiger partial charge in [-0.2, -0.15) is 0 Å². The van der Waals surface area contributed by atoms with E-state index in [4.69, 9.17) is 9.84 Å². The average molecular weight is 334 g/mol. The van der Waals surface area contributed by atoms with E-state index in [9.17, 15) is 9.59 Å². The largest absolute Gasteiger partial charge is 0.481 e. The summed E-state index contributed by atoms with van der Waals surface area (Å²) in [5.74, 6) is -1.17. The monoisotopic (exact) mass is 334 g/mol. The number of benzene rings is 1. The Labute approximate surface area is 138 Å². The Kier molecular flexibility index (Phi) is 4.97. The lowest BCUT2D eigenvalue weighted by Crippen LogP contribution is -2.38. The van der Waals surface area contributed by atoms with Crippen molar-refractivity contribution in [3.63, 3.8) is 0 Å². The predicted octanol–water partition coefficient (Wildman–Crippen LogP) is 2.27. The molecular weight excluding hydrogens is 316 g/mol. The number of rotatable bonds is 5. The number of carbonyl (C=O) groups is 2. The van der Waals surface area contributed by atoms with Crippen molar-refractivity contribution < 1.29 is 19.4 Å². The first-order chi connectivity index (χ1) is 11.1. The van der Waals surface area contributed by atoms with Crippen LogP contribution in [0, 0.1) is 0 Å². The summed E-state index contributed by atoms with van der Waals surface area (Å²) in [4.78, 5) is 29.6. The molecule has 0 saturated carbocycles. The Morgan fingerprint density at radius 1 is 1.39 bits per heavy atom. The number of para-hydroxylation sites is 1. The van der Waals surface area contributed by atoms with Gasteiger partial charge < -0.3 is 9.84 Å². The van der Waals surface area contributed by atoms with E-state index in [1.54, 1.807) is 4.90 Å². The maximum absolute atomic E-state index is 12.5. The lowest BCUT2D eigenvalue weighted by atomic mass is 10.2. The lowest BCUT2D eigenvalue weighted by molar-refractivity contribution is -0.139. The van der Waals surface area contributed by atoms with Crippen LogP contribution in [0.3, 0.4) is 0 Å². The number of ether oxygens (including phenoxy) is 1. The third kappa shape index (κ3) is 3.92. The molecule has 2 heterocycles. The summed E-state index contributed by atoms with van der Waals surface area (Å²) in [5, 5.41) is 8.93. The summed E-state index contributed by atoms with van der Waals surface area (Å²) in [7, 11) is 0. The SMILES string of the molecule is O=C(O)CC1SC(=Nc2ccccc2)N(CC2CCCO2)C1=O. The van der Waals surface area contributed by atoms with Crippen molar-refractivity contribution in [1.29, 1.82) is 0 Å². The third-order valence-corrected chi connectivity index (χ3v) is 4.95. The molecule has 2 aliphatic rings. The number of thioether (sulfide) groups is 1. The number of aliphatic imine (C=N–C) groups is 1. The molecule has 6 nitrogen and oxygen atoms in total. The van der Waals surface area contributed by atoms with Gasteiger partial charge in [-0.1, -0.05) is 30.0 Å². The Bertz CT molecular complexity index is 614. The highest BCUT2D eigenvalue weighted by molar-refractivity contribution is 8.15. The molecule has 1 amide bonds. The van der Waals surface area contributed by atoms with Crippen molar-refractivity contribution in [2.75, 3.05) is 13.2 Å². The van der Waals surface area contributed by atoms with Crippen LogP contribution in [0.4, 0.5) is 5.69 Å². The van der Waals surface area contributed by atoms with Crippen molar-refractivity contribution in [3.8, 4) is 0 Å². The number of carboxylic acids is 1. The molecule has 0 aromatic heterocycles. The highest BCUT2D eigenvalue weighted by atomic mass is 32.2. The van der Waals surface area contributed by atoms with Crippen LogP contribution in [-0.2, 0) is 14.3 Å². The average Bonchev–Trinajstić information content (AvgIpc) is 3.13. The molecule has 2 unspecified atom stereocenters. The Morgan fingerprint density at radius 3 is 2.83 bits per heavy atom. The van der Waals surface area contributed by atoms with Crippen LogP contribution >= 0.6 is 11.8 Å². The molecule has 7 heteroatoms. The molecule has 0 radical (unpaired) electrons. The number of carbonyl (C=O) groups excluding carboxylic acids is 1. The fourth-order valence-corrected chi connectivity index (χ4v) is 3.81. The van der Waals surface area contributed by atoms with Gasteiger partial charge in [-0.3, -0.25) is 14.5 Å². The number of nitrogens with zero attached hydrogens (tertiary/aromatic N) is 2. The first-order valence-electron chi connectivity index (χ1n) is 7.58. The van der Waals surface area contributed by atoms with Crippen LogP contribution in [0.15, 0.2) is 35.3 Å². The second kappa shape index (κ2) is 7.14. The number of carboxylic acid groups (broad SMARTS) is 1. The van der Waals surface area contributed by atoms with Gasteiger partial charge in [-0.25, -0.2) is 4.99 Å². The summed E-state index contributed by atoms with van der Waals surface area (Å²) < 4.78 is 5.60. The topological polar surface area (TPSA) is 79.2 Å². The van der Waals surface area contributed by atoms with Crippen LogP contribution in [0.25, 0.3) is 0 Å². The smallest absolute Gasteiger partial charge is 0.305 e. The minimum atomic E-state index is -0.978. The van der Waals surface area contributed by atoms with Gasteiger partial charge in [0, 0.05) is 6.61 Å². The Hall–Kier alpha value is -1.86. The van der Waals surface area contributed by atoms with Crippen LogP contribution in [-0.4, -0.2) is 51.6 Å². The van der Waals surface area contributed by atoms with Gasteiger partial charge in [-0.15, -0.1) is 0 Å². The van der Waals surface area contributed by atoms with E-state index >= 15 is 0 Å². The van der Waals surface area contributed by atoms with E-state index < -0.39 is 11.2 Å². The molecule has 2 saturated heterocycles. The summed E-state index contributed by atoms with van der Waals surface area (Å²) in [6, 6.07) is 9.35. The van der Waals surface area contributed by atoms with Crippen LogP contribution in [0.5, 0.6) is 0 Å². The zero-order valence-corrected chi connectivity index (χ0v) is 13.4. The summed E-state index contributed by atoms with van der Waals surface area (Å²) in [6.45, 7) is 1.15. The predicted molar refractivity (Wildman–Crippen MR) is 87.9 cm³/mol. The molecule has 23 heavy (non-hydrogen) atoms. The molecule has 1 N–H and O–H groups in total. The fraction of sp³-hybridized carbons (Fsp3) is 0.438. The molecule has 3 rings (SSSR count). The van der Waals surface area contributed by atoms with Crippen molar-refractivity contribution in [2.24, 2.45) is 4.99 Å². The van der Waals surface area contributed by atoms with Gasteiger partial charge in [0.25, 0.3) is 0 Å². The molecule has 0 spiro atoms. The van der Waals surface area contributed by atoms with Gasteiger partial charge in [-0.05, 0) is 25.0 Å². The quantitative estimate of drug-likeness (QED) is 0.893. The van der Waals surface area contributed by atoms with E-state index in [1.807, 2.05) is 30.3 Å². The molecule has 2 atom stereocenters. The maximum Gasteiger partial charge on any atom is 0.305 e. The Morgan fingerprint density at radius 2 is 2.17 bits per heavy atom. The summed E-state index contributed by atoms with van der Waals surface area (Å²) in [6.07, 6.45) is 1.71. The zero-order valence-electron chi connectivity index (χ0n) is 12.6. The van der Waals surface area contributed by atoms with E-state index in [-0.39, 0.29) is 18.4 Å². The molecule has 122 valence electrons. The lowest BCUT2D eigenvalue weighted by Gasteiger charge is -2.20. The van der Waals surface area contributed by atoms with Crippen molar-refractivity contribution in [1.82, 2.24) is 4.90 Å². The second-order valence-corrected chi connectivity index (χ2v) is 6.69. The van der Waals surface area contributed by atoms with E-state index in [1.165, 1.54) is 11.8 Å². The first kappa shape index (κ1) is 16.0. The van der Waals surface area contributed by atoms with Crippen molar-refractivity contribution >= 4 is 34.5 Å². The number of hydrogen-bond donors (Lipinski definition) is 1. The molecule has 2 aliphatic heterocycles. The molecule has 1 aromatic rings. The van der Waals surface area contributed by atoms with Gasteiger partial charge >= 0.3 is 5.97 Å². The number of amidine groups is 1. The zero-order chi connectivity index (χ0) is 16.2. The Balaban J connectivity index is 1.82. The van der Waals surface area contributed by atoms with E-state index in [2.05, 4.69) is 4.99 Å². The van der Waals surface area contributed by atoms with Crippen LogP contribution < -0.4 is 0 Å². The van der Waals surface area contributed by atoms with Crippen molar-refractivity contribution in [2.45, 2.75) is 30.6 Å². The minimum absolute atomic E-state index is 0.00380. The number of aliphatic carboxylic acids is 1. The van der Waals surface area contributed by atoms with Gasteiger partial charge in [0.1, 0.15) is 5.25 Å². The summed E-state index contributed by atoms with van der Waals surface area (Å²) >= 11 is 1.22. The molecule has 2 fully saturated rings. The molecule has 0 aliphatic carbocycles. The molecule has 1 aromatic carbocycles. The van der Waals surface area contributed by atoms with Crippen molar-refractivity contribution in [3.05, 3.63) is 30.3 Å². The van der Waals surface area contributed by atoms with Gasteiger partial charge in [0.2, 0.25) is 5.91 Å². The second-order valence-electron chi connectivity index (χ2n) is 5.52. The standard InChI is InChI=1S/C16H18N2O4S/c19-14(20)9-13-15(21)18(10-12-7-4-8-22-12)16(23-13)17-11-5-2-1-3-6-11/h1-3,5-6,12-13H,4,7-10H2,(H,19,20). The third-order valence-electron chi connectivity index (χ3n) is 3.77. The number of amides is 1. The van der Waals surface area contributed by atoms with Crippen LogP contribution in [0.1, 0.15) is 19.3 Å². The number of hydrogen-bond acceptors (Lipinski definition) is 5.